The Hall–Kier alpha value is -2.17. The molecule has 19 heavy (non-hydrogen) atoms. The Labute approximate surface area is 115 Å². The molecule has 7 heteroatoms. The Balaban J connectivity index is 3.22. The predicted molar refractivity (Wildman–Crippen MR) is 71.8 cm³/mol. The monoisotopic (exact) mass is 281 g/mol. The molecule has 0 heterocycles. The van der Waals surface area contributed by atoms with E-state index < -0.39 is 5.97 Å². The van der Waals surface area contributed by atoms with Crippen LogP contribution >= 0.6 is 11.6 Å². The third-order valence-electron chi connectivity index (χ3n) is 2.14. The number of halogens is 1. The van der Waals surface area contributed by atoms with E-state index in [0.29, 0.717) is 16.3 Å². The second kappa shape index (κ2) is 7.31. The van der Waals surface area contributed by atoms with Crippen LogP contribution in [0.2, 0.25) is 5.02 Å². The fourth-order valence-electron chi connectivity index (χ4n) is 1.33. The van der Waals surface area contributed by atoms with Gasteiger partial charge in [-0.05, 0) is 30.2 Å². The van der Waals surface area contributed by atoms with Crippen LogP contribution in [0.5, 0.6) is 5.75 Å². The van der Waals surface area contributed by atoms with Gasteiger partial charge in [-0.1, -0.05) is 28.8 Å². The Bertz CT molecular complexity index is 551. The summed E-state index contributed by atoms with van der Waals surface area (Å²) in [5, 5.41) is 3.62. The molecule has 0 spiro atoms. The highest BCUT2D eigenvalue weighted by atomic mass is 35.5. The summed E-state index contributed by atoms with van der Waals surface area (Å²) < 4.78 is 9.83. The van der Waals surface area contributed by atoms with E-state index in [1.165, 1.54) is 13.2 Å². The minimum atomic E-state index is -0.709. The lowest BCUT2D eigenvalue weighted by Gasteiger charge is -2.06. The van der Waals surface area contributed by atoms with E-state index in [-0.39, 0.29) is 12.3 Å². The molecule has 0 saturated heterocycles. The number of carbonyl (C=O) groups excluding carboxylic acids is 1. The Morgan fingerprint density at radius 1 is 1.58 bits per heavy atom. The SMILES string of the molecule is CCOC(=O)C(=Cc1cccc(OC)c1Cl)N=[N+]=[N-]. The number of esters is 1. The first-order valence-corrected chi connectivity index (χ1v) is 5.78. The van der Waals surface area contributed by atoms with Crippen molar-refractivity contribution < 1.29 is 14.3 Å². The van der Waals surface area contributed by atoms with Crippen molar-refractivity contribution in [3.63, 3.8) is 0 Å². The zero-order valence-electron chi connectivity index (χ0n) is 10.5. The molecule has 6 nitrogen and oxygen atoms in total. The number of nitrogens with zero attached hydrogens (tertiary/aromatic N) is 3. The standard InChI is InChI=1S/C12H12ClN3O3/c1-3-19-12(17)9(15-16-14)7-8-5-4-6-10(18-2)11(8)13/h4-7H,3H2,1-2H3. The summed E-state index contributed by atoms with van der Waals surface area (Å²) in [7, 11) is 1.48. The minimum absolute atomic E-state index is 0.167. The van der Waals surface area contributed by atoms with Gasteiger partial charge in [0.1, 0.15) is 11.4 Å². The number of rotatable bonds is 5. The first kappa shape index (κ1) is 14.9. The van der Waals surface area contributed by atoms with Crippen molar-refractivity contribution in [2.75, 3.05) is 13.7 Å². The summed E-state index contributed by atoms with van der Waals surface area (Å²) in [6.07, 6.45) is 1.35. The average molecular weight is 282 g/mol. The Morgan fingerprint density at radius 3 is 2.89 bits per heavy atom. The molecule has 1 aromatic rings. The number of benzene rings is 1. The largest absolute Gasteiger partial charge is 0.495 e. The fourth-order valence-corrected chi connectivity index (χ4v) is 1.58. The fraction of sp³-hybridized carbons (Fsp3) is 0.250. The van der Waals surface area contributed by atoms with Crippen LogP contribution in [-0.2, 0) is 9.53 Å². The second-order valence-electron chi connectivity index (χ2n) is 3.30. The van der Waals surface area contributed by atoms with E-state index in [1.54, 1.807) is 25.1 Å². The van der Waals surface area contributed by atoms with Crippen molar-refractivity contribution in [3.05, 3.63) is 44.9 Å². The quantitative estimate of drug-likeness (QED) is 0.272. The molecule has 1 aromatic carbocycles. The van der Waals surface area contributed by atoms with Gasteiger partial charge >= 0.3 is 5.97 Å². The van der Waals surface area contributed by atoms with Gasteiger partial charge in [0, 0.05) is 4.91 Å². The van der Waals surface area contributed by atoms with Gasteiger partial charge in [0.2, 0.25) is 0 Å². The molecule has 0 unspecified atom stereocenters. The summed E-state index contributed by atoms with van der Waals surface area (Å²) in [4.78, 5) is 14.2. The van der Waals surface area contributed by atoms with Crippen LogP contribution in [0.1, 0.15) is 12.5 Å². The molecule has 0 radical (unpaired) electrons. The van der Waals surface area contributed by atoms with Crippen LogP contribution in [0.25, 0.3) is 16.5 Å². The van der Waals surface area contributed by atoms with Crippen LogP contribution in [-0.4, -0.2) is 19.7 Å². The molecule has 0 aliphatic carbocycles. The molecule has 0 N–H and O–H groups in total. The molecule has 0 aliphatic heterocycles. The molecule has 1 rings (SSSR count). The maximum atomic E-state index is 11.6. The van der Waals surface area contributed by atoms with Crippen LogP contribution < -0.4 is 4.74 Å². The third-order valence-corrected chi connectivity index (χ3v) is 2.55. The van der Waals surface area contributed by atoms with Gasteiger partial charge in [0.05, 0.1) is 18.7 Å². The molecule has 0 atom stereocenters. The van der Waals surface area contributed by atoms with Crippen LogP contribution in [0.3, 0.4) is 0 Å². The van der Waals surface area contributed by atoms with E-state index in [4.69, 9.17) is 26.6 Å². The number of carbonyl (C=O) groups is 1. The summed E-state index contributed by atoms with van der Waals surface area (Å²) in [6, 6.07) is 5.05. The Morgan fingerprint density at radius 2 is 2.32 bits per heavy atom. The lowest BCUT2D eigenvalue weighted by Crippen LogP contribution is -2.05. The van der Waals surface area contributed by atoms with Gasteiger partial charge in [-0.2, -0.15) is 0 Å². The molecule has 0 amide bonds. The maximum absolute atomic E-state index is 11.6. The molecule has 0 bridgehead atoms. The normalized spacial score (nSPS) is 10.6. The zero-order valence-corrected chi connectivity index (χ0v) is 11.2. The summed E-state index contributed by atoms with van der Waals surface area (Å²) in [5.41, 5.74) is 8.78. The number of hydrogen-bond acceptors (Lipinski definition) is 4. The molecular formula is C12H12ClN3O3. The van der Waals surface area contributed by atoms with E-state index in [2.05, 4.69) is 10.0 Å². The topological polar surface area (TPSA) is 84.3 Å². The smallest absolute Gasteiger partial charge is 0.340 e. The third kappa shape index (κ3) is 3.91. The second-order valence-corrected chi connectivity index (χ2v) is 3.68. The molecule has 0 aliphatic rings. The van der Waals surface area contributed by atoms with E-state index in [1.807, 2.05) is 0 Å². The number of ether oxygens (including phenoxy) is 2. The van der Waals surface area contributed by atoms with E-state index in [0.717, 1.165) is 0 Å². The predicted octanol–water partition coefficient (Wildman–Crippen LogP) is 3.56. The Kier molecular flexibility index (Phi) is 5.73. The van der Waals surface area contributed by atoms with Crippen molar-refractivity contribution in [2.45, 2.75) is 6.92 Å². The van der Waals surface area contributed by atoms with Gasteiger partial charge < -0.3 is 9.47 Å². The number of methoxy groups -OCH3 is 1. The average Bonchev–Trinajstić information content (AvgIpc) is 2.40. The lowest BCUT2D eigenvalue weighted by atomic mass is 10.2. The van der Waals surface area contributed by atoms with Gasteiger partial charge in [0.25, 0.3) is 0 Å². The summed E-state index contributed by atoms with van der Waals surface area (Å²) >= 11 is 6.08. The van der Waals surface area contributed by atoms with Crippen molar-refractivity contribution in [1.82, 2.24) is 0 Å². The van der Waals surface area contributed by atoms with Crippen LogP contribution in [0.15, 0.2) is 29.0 Å². The number of hydrogen-bond donors (Lipinski definition) is 0. The van der Waals surface area contributed by atoms with Gasteiger partial charge in [-0.15, -0.1) is 0 Å². The van der Waals surface area contributed by atoms with Crippen LogP contribution in [0.4, 0.5) is 0 Å². The highest BCUT2D eigenvalue weighted by Crippen LogP contribution is 2.29. The van der Waals surface area contributed by atoms with Gasteiger partial charge in [0.15, 0.2) is 0 Å². The van der Waals surface area contributed by atoms with E-state index in [9.17, 15) is 4.79 Å². The highest BCUT2D eigenvalue weighted by molar-refractivity contribution is 6.33. The van der Waals surface area contributed by atoms with Gasteiger partial charge in [-0.3, -0.25) is 0 Å². The first-order valence-electron chi connectivity index (χ1n) is 5.40. The first-order chi connectivity index (χ1) is 9.13. The van der Waals surface area contributed by atoms with Crippen LogP contribution in [0, 0.1) is 0 Å². The summed E-state index contributed by atoms with van der Waals surface area (Å²) in [6.45, 7) is 1.84. The number of azide groups is 1. The highest BCUT2D eigenvalue weighted by Gasteiger charge is 2.11. The summed E-state index contributed by atoms with van der Waals surface area (Å²) in [5.74, 6) is -0.251. The molecule has 100 valence electrons. The van der Waals surface area contributed by atoms with Crippen molar-refractivity contribution in [3.8, 4) is 5.75 Å². The van der Waals surface area contributed by atoms with Gasteiger partial charge in [-0.25, -0.2) is 4.79 Å². The molecule has 0 fully saturated rings. The zero-order chi connectivity index (χ0) is 14.3. The van der Waals surface area contributed by atoms with E-state index >= 15 is 0 Å². The molecule has 0 saturated carbocycles. The van der Waals surface area contributed by atoms with Crippen molar-refractivity contribution in [1.29, 1.82) is 0 Å². The molecule has 0 aromatic heterocycles. The van der Waals surface area contributed by atoms with Crippen molar-refractivity contribution >= 4 is 23.6 Å². The van der Waals surface area contributed by atoms with Crippen molar-refractivity contribution in [2.24, 2.45) is 5.11 Å². The minimum Gasteiger partial charge on any atom is -0.495 e. The maximum Gasteiger partial charge on any atom is 0.340 e. The molecular weight excluding hydrogens is 270 g/mol. The lowest BCUT2D eigenvalue weighted by molar-refractivity contribution is -0.138.